The third-order valence-electron chi connectivity index (χ3n) is 5.56. The number of rotatable bonds is 5. The summed E-state index contributed by atoms with van der Waals surface area (Å²) in [4.78, 5) is 24.1. The summed E-state index contributed by atoms with van der Waals surface area (Å²) in [6.07, 6.45) is -1.53. The lowest BCUT2D eigenvalue weighted by atomic mass is 10.1. The number of benzene rings is 1. The van der Waals surface area contributed by atoms with E-state index in [4.69, 9.17) is 17.2 Å². The van der Waals surface area contributed by atoms with Crippen molar-refractivity contribution in [3.05, 3.63) is 35.5 Å². The molecule has 0 spiro atoms. The highest BCUT2D eigenvalue weighted by Crippen LogP contribution is 2.36. The van der Waals surface area contributed by atoms with Gasteiger partial charge in [0.1, 0.15) is 11.4 Å². The highest BCUT2D eigenvalue weighted by atomic mass is 19.4. The van der Waals surface area contributed by atoms with E-state index in [1.165, 1.54) is 6.20 Å². The largest absolute Gasteiger partial charge is 0.416 e. The molecule has 1 aromatic heterocycles. The fourth-order valence-corrected chi connectivity index (χ4v) is 3.88. The van der Waals surface area contributed by atoms with Gasteiger partial charge in [-0.05, 0) is 31.0 Å². The summed E-state index contributed by atoms with van der Waals surface area (Å²) in [5.41, 5.74) is 16.9. The molecule has 0 bridgehead atoms. The van der Waals surface area contributed by atoms with Crippen LogP contribution in [0.25, 0.3) is 0 Å². The average Bonchev–Trinajstić information content (AvgIpc) is 2.70. The number of nitrogens with two attached hydrogens (primary N) is 3. The predicted molar refractivity (Wildman–Crippen MR) is 115 cm³/mol. The van der Waals surface area contributed by atoms with E-state index in [-0.39, 0.29) is 29.2 Å². The summed E-state index contributed by atoms with van der Waals surface area (Å²) in [6, 6.07) is 3.49. The molecule has 1 aromatic carbocycles. The minimum atomic E-state index is -4.55. The first-order valence-corrected chi connectivity index (χ1v) is 10.3. The van der Waals surface area contributed by atoms with Crippen LogP contribution < -0.4 is 32.3 Å². The van der Waals surface area contributed by atoms with Crippen LogP contribution in [0.15, 0.2) is 24.4 Å². The smallest absolute Gasteiger partial charge is 0.368 e. The Morgan fingerprint density at radius 3 is 2.44 bits per heavy atom. The number of carbonyl (C=O) groups is 1. The highest BCUT2D eigenvalue weighted by Gasteiger charge is 2.33. The third-order valence-corrected chi connectivity index (χ3v) is 5.56. The molecule has 32 heavy (non-hydrogen) atoms. The Labute approximate surface area is 182 Å². The number of anilines is 4. The van der Waals surface area contributed by atoms with Crippen LogP contribution in [0, 0.1) is 0 Å². The Morgan fingerprint density at radius 2 is 1.81 bits per heavy atom. The third kappa shape index (κ3) is 4.70. The molecule has 172 valence electrons. The molecule has 1 unspecified atom stereocenters. The normalized spacial score (nSPS) is 19.6. The monoisotopic (exact) mass is 450 g/mol. The van der Waals surface area contributed by atoms with E-state index >= 15 is 0 Å². The molecule has 0 saturated carbocycles. The molecule has 12 heteroatoms. The maximum Gasteiger partial charge on any atom is 0.416 e. The Bertz CT molecular complexity index is 1010. The molecule has 1 amide bonds. The van der Waals surface area contributed by atoms with E-state index in [1.54, 1.807) is 11.0 Å². The van der Waals surface area contributed by atoms with Crippen molar-refractivity contribution in [1.82, 2.24) is 9.97 Å². The molecule has 0 aliphatic carbocycles. The van der Waals surface area contributed by atoms with Crippen LogP contribution in [0.1, 0.15) is 28.8 Å². The predicted octanol–water partition coefficient (Wildman–Crippen LogP) is 1.41. The number of aromatic nitrogens is 2. The number of amides is 1. The zero-order chi connectivity index (χ0) is 23.0. The highest BCUT2D eigenvalue weighted by molar-refractivity contribution is 5.98. The summed E-state index contributed by atoms with van der Waals surface area (Å²) >= 11 is 0. The Hall–Kier alpha value is -3.12. The second-order valence-corrected chi connectivity index (χ2v) is 8.20. The molecule has 3 heterocycles. The van der Waals surface area contributed by atoms with E-state index in [1.807, 2.05) is 4.90 Å². The van der Waals surface area contributed by atoms with Crippen molar-refractivity contribution in [3.8, 4) is 0 Å². The fraction of sp³-hybridized carbons (Fsp3) is 0.450. The molecule has 0 radical (unpaired) electrons. The van der Waals surface area contributed by atoms with Crippen LogP contribution >= 0.6 is 0 Å². The molecule has 2 aliphatic heterocycles. The molecule has 9 nitrogen and oxygen atoms in total. The van der Waals surface area contributed by atoms with Gasteiger partial charge in [0.05, 0.1) is 5.56 Å². The molecule has 7 N–H and O–H groups in total. The van der Waals surface area contributed by atoms with Gasteiger partial charge in [-0.2, -0.15) is 18.2 Å². The summed E-state index contributed by atoms with van der Waals surface area (Å²) in [7, 11) is 0. The van der Waals surface area contributed by atoms with Crippen LogP contribution in [-0.4, -0.2) is 54.1 Å². The van der Waals surface area contributed by atoms with E-state index in [2.05, 4.69) is 15.3 Å². The Morgan fingerprint density at radius 1 is 1.09 bits per heavy atom. The number of carbonyl (C=O) groups excluding carboxylic acids is 1. The first-order valence-electron chi connectivity index (χ1n) is 10.3. The molecule has 2 fully saturated rings. The summed E-state index contributed by atoms with van der Waals surface area (Å²) < 4.78 is 40.5. The number of nitrogens with zero attached hydrogens (tertiary/aromatic N) is 4. The van der Waals surface area contributed by atoms with E-state index in [9.17, 15) is 18.0 Å². The fourth-order valence-electron chi connectivity index (χ4n) is 3.88. The second kappa shape index (κ2) is 8.43. The molecule has 4 rings (SSSR count). The van der Waals surface area contributed by atoms with Crippen molar-refractivity contribution in [3.63, 3.8) is 0 Å². The van der Waals surface area contributed by atoms with Gasteiger partial charge in [0.15, 0.2) is 0 Å². The first kappa shape index (κ1) is 22.1. The quantitative estimate of drug-likeness (QED) is 0.536. The Kier molecular flexibility index (Phi) is 5.82. The van der Waals surface area contributed by atoms with E-state index in [0.717, 1.165) is 25.0 Å². The van der Waals surface area contributed by atoms with Crippen LogP contribution in [0.4, 0.5) is 36.3 Å². The van der Waals surface area contributed by atoms with Crippen molar-refractivity contribution < 1.29 is 18.0 Å². The van der Waals surface area contributed by atoms with Crippen molar-refractivity contribution in [2.45, 2.75) is 31.1 Å². The number of nitrogens with one attached hydrogen (secondary N) is 1. The summed E-state index contributed by atoms with van der Waals surface area (Å²) in [5.74, 6) is -0.434. The van der Waals surface area contributed by atoms with Gasteiger partial charge in [-0.3, -0.25) is 4.79 Å². The number of halogens is 3. The van der Waals surface area contributed by atoms with Gasteiger partial charge in [-0.1, -0.05) is 0 Å². The van der Waals surface area contributed by atoms with Crippen LogP contribution in [-0.2, 0) is 6.18 Å². The van der Waals surface area contributed by atoms with Gasteiger partial charge in [0.25, 0.3) is 5.91 Å². The van der Waals surface area contributed by atoms with Crippen LogP contribution in [0.5, 0.6) is 0 Å². The zero-order valence-electron chi connectivity index (χ0n) is 17.3. The number of hydrogen-bond acceptors (Lipinski definition) is 8. The minimum Gasteiger partial charge on any atom is -0.368 e. The van der Waals surface area contributed by atoms with E-state index in [0.29, 0.717) is 37.8 Å². The molecule has 2 aliphatic rings. The van der Waals surface area contributed by atoms with Crippen molar-refractivity contribution in [2.75, 3.05) is 41.3 Å². The summed E-state index contributed by atoms with van der Waals surface area (Å²) in [6.45, 7) is 2.14. The standard InChI is InChI=1S/C20H25F3N8O/c21-20(22,23)11-4-14(6-15(5-11)31-9-13(25)10-31)28-18-16(17(26)32)7-27-19(29-18)30-3-1-2-12(24)8-30/h4-7,12-13H,1-3,8-10,24-25H2,(H2,26,32)(H,27,28,29). The molecule has 2 aromatic rings. The number of alkyl halides is 3. The number of primary amides is 1. The average molecular weight is 450 g/mol. The van der Waals surface area contributed by atoms with Crippen LogP contribution in [0.3, 0.4) is 0 Å². The van der Waals surface area contributed by atoms with Crippen LogP contribution in [0.2, 0.25) is 0 Å². The van der Waals surface area contributed by atoms with Gasteiger partial charge in [-0.15, -0.1) is 0 Å². The Balaban J connectivity index is 1.69. The van der Waals surface area contributed by atoms with Gasteiger partial charge in [0.2, 0.25) is 5.95 Å². The van der Waals surface area contributed by atoms with Crippen molar-refractivity contribution in [1.29, 1.82) is 0 Å². The van der Waals surface area contributed by atoms with Crippen molar-refractivity contribution >= 4 is 29.0 Å². The topological polar surface area (TPSA) is 139 Å². The maximum absolute atomic E-state index is 13.5. The minimum absolute atomic E-state index is 0.0278. The van der Waals surface area contributed by atoms with Gasteiger partial charge >= 0.3 is 6.18 Å². The zero-order valence-corrected chi connectivity index (χ0v) is 17.3. The first-order chi connectivity index (χ1) is 15.1. The molecular weight excluding hydrogens is 425 g/mol. The van der Waals surface area contributed by atoms with Gasteiger partial charge in [-0.25, -0.2) is 4.98 Å². The molecule has 1 atom stereocenters. The number of hydrogen-bond donors (Lipinski definition) is 4. The molecular formula is C20H25F3N8O. The number of piperidine rings is 1. The second-order valence-electron chi connectivity index (χ2n) is 8.20. The maximum atomic E-state index is 13.5. The SMILES string of the molecule is NC(=O)c1cnc(N2CCCC(N)C2)nc1Nc1cc(N2CC(N)C2)cc(C(F)(F)F)c1. The molecule has 2 saturated heterocycles. The van der Waals surface area contributed by atoms with Gasteiger partial charge in [0, 0.05) is 55.8 Å². The lowest BCUT2D eigenvalue weighted by Crippen LogP contribution is -2.55. The van der Waals surface area contributed by atoms with E-state index < -0.39 is 17.6 Å². The lowest BCUT2D eigenvalue weighted by Gasteiger charge is -2.39. The lowest BCUT2D eigenvalue weighted by molar-refractivity contribution is -0.137. The van der Waals surface area contributed by atoms with Crippen molar-refractivity contribution in [2.24, 2.45) is 17.2 Å². The summed E-state index contributed by atoms with van der Waals surface area (Å²) in [5, 5.41) is 2.84. The van der Waals surface area contributed by atoms with Gasteiger partial charge < -0.3 is 32.3 Å².